The molecule has 1 aromatic rings. The highest BCUT2D eigenvalue weighted by Crippen LogP contribution is 2.23. The fourth-order valence-electron chi connectivity index (χ4n) is 1.96. The van der Waals surface area contributed by atoms with Crippen LogP contribution in [0.15, 0.2) is 0 Å². The Kier molecular flexibility index (Phi) is 7.48. The second-order valence-corrected chi connectivity index (χ2v) is 5.80. The zero-order chi connectivity index (χ0) is 14.1. The number of anilines is 1. The Hall–Kier alpha value is -1.10. The predicted octanol–water partition coefficient (Wildman–Crippen LogP) is 3.81. The van der Waals surface area contributed by atoms with E-state index in [2.05, 4.69) is 16.6 Å². The monoisotopic (exact) mass is 284 g/mol. The van der Waals surface area contributed by atoms with E-state index in [0.29, 0.717) is 5.00 Å². The minimum absolute atomic E-state index is 0.269. The zero-order valence-electron chi connectivity index (χ0n) is 11.9. The molecule has 1 rings (SSSR count). The molecule has 0 spiro atoms. The lowest BCUT2D eigenvalue weighted by atomic mass is 10.1. The quantitative estimate of drug-likeness (QED) is 0.553. The Bertz CT molecular complexity index is 391. The van der Waals surface area contributed by atoms with Gasteiger partial charge in [-0.25, -0.2) is 9.78 Å². The molecule has 0 bridgehead atoms. The highest BCUT2D eigenvalue weighted by molar-refractivity contribution is 7.15. The number of carbonyl (C=O) groups is 1. The van der Waals surface area contributed by atoms with Gasteiger partial charge in [-0.2, -0.15) is 0 Å². The number of hydrogen-bond acceptors (Lipinski definition) is 5. The van der Waals surface area contributed by atoms with Crippen LogP contribution in [0.2, 0.25) is 0 Å². The highest BCUT2D eigenvalue weighted by Gasteiger charge is 2.16. The van der Waals surface area contributed by atoms with Gasteiger partial charge >= 0.3 is 5.97 Å². The molecule has 4 nitrogen and oxygen atoms in total. The van der Waals surface area contributed by atoms with E-state index in [-0.39, 0.29) is 5.69 Å². The van der Waals surface area contributed by atoms with Gasteiger partial charge in [0.2, 0.25) is 0 Å². The third-order valence-corrected chi connectivity index (χ3v) is 4.01. The van der Waals surface area contributed by atoms with E-state index in [4.69, 9.17) is 5.73 Å². The number of esters is 1. The van der Waals surface area contributed by atoms with Crippen molar-refractivity contribution in [2.45, 2.75) is 58.3 Å². The number of thiazole rings is 1. The molecule has 2 N–H and O–H groups in total. The van der Waals surface area contributed by atoms with E-state index in [0.717, 1.165) is 17.8 Å². The summed E-state index contributed by atoms with van der Waals surface area (Å²) in [5.41, 5.74) is 6.03. The Morgan fingerprint density at radius 2 is 1.84 bits per heavy atom. The number of aryl methyl sites for hydroxylation is 1. The first kappa shape index (κ1) is 16.0. The third kappa shape index (κ3) is 5.59. The third-order valence-electron chi connectivity index (χ3n) is 3.07. The lowest BCUT2D eigenvalue weighted by Gasteiger charge is -1.99. The first-order valence-electron chi connectivity index (χ1n) is 7.02. The van der Waals surface area contributed by atoms with Crippen LogP contribution in [0.25, 0.3) is 0 Å². The lowest BCUT2D eigenvalue weighted by Crippen LogP contribution is -2.04. The van der Waals surface area contributed by atoms with Crippen molar-refractivity contribution in [1.29, 1.82) is 0 Å². The van der Waals surface area contributed by atoms with Crippen molar-refractivity contribution < 1.29 is 9.53 Å². The van der Waals surface area contributed by atoms with E-state index in [1.807, 2.05) is 0 Å². The van der Waals surface area contributed by atoms with Crippen LogP contribution in [0.1, 0.15) is 67.4 Å². The van der Waals surface area contributed by atoms with Gasteiger partial charge in [-0.15, -0.1) is 11.3 Å². The fourth-order valence-corrected chi connectivity index (χ4v) is 2.82. The number of unbranched alkanes of at least 4 members (excludes halogenated alkanes) is 6. The second-order valence-electron chi connectivity index (χ2n) is 4.68. The Labute approximate surface area is 119 Å². The van der Waals surface area contributed by atoms with Gasteiger partial charge in [-0.05, 0) is 12.8 Å². The lowest BCUT2D eigenvalue weighted by molar-refractivity contribution is 0.0596. The largest absolute Gasteiger partial charge is 0.464 e. The summed E-state index contributed by atoms with van der Waals surface area (Å²) in [6.45, 7) is 2.23. The predicted molar refractivity (Wildman–Crippen MR) is 79.6 cm³/mol. The van der Waals surface area contributed by atoms with E-state index >= 15 is 0 Å². The smallest absolute Gasteiger partial charge is 0.359 e. The average Bonchev–Trinajstić information content (AvgIpc) is 2.78. The average molecular weight is 284 g/mol. The first-order valence-corrected chi connectivity index (χ1v) is 7.84. The number of carbonyl (C=O) groups excluding carboxylic acids is 1. The van der Waals surface area contributed by atoms with Gasteiger partial charge in [0.05, 0.1) is 12.1 Å². The van der Waals surface area contributed by atoms with Gasteiger partial charge in [-0.1, -0.05) is 45.4 Å². The summed E-state index contributed by atoms with van der Waals surface area (Å²) in [6.07, 6.45) is 9.80. The Balaban J connectivity index is 2.25. The van der Waals surface area contributed by atoms with Crippen LogP contribution in [0.3, 0.4) is 0 Å². The molecule has 0 radical (unpaired) electrons. The van der Waals surface area contributed by atoms with Crippen molar-refractivity contribution in [2.24, 2.45) is 0 Å². The van der Waals surface area contributed by atoms with Crippen LogP contribution in [0, 0.1) is 0 Å². The number of nitrogen functional groups attached to an aromatic ring is 1. The van der Waals surface area contributed by atoms with E-state index in [1.54, 1.807) is 0 Å². The van der Waals surface area contributed by atoms with E-state index in [1.165, 1.54) is 57.0 Å². The molecule has 0 saturated carbocycles. The molecule has 0 saturated heterocycles. The van der Waals surface area contributed by atoms with Crippen LogP contribution < -0.4 is 5.73 Å². The number of nitrogens with two attached hydrogens (primary N) is 1. The number of ether oxygens (including phenoxy) is 1. The van der Waals surface area contributed by atoms with Crippen molar-refractivity contribution in [3.63, 3.8) is 0 Å². The summed E-state index contributed by atoms with van der Waals surface area (Å²) < 4.78 is 4.64. The minimum atomic E-state index is -0.445. The summed E-state index contributed by atoms with van der Waals surface area (Å²) in [5.74, 6) is -0.445. The van der Waals surface area contributed by atoms with Crippen molar-refractivity contribution in [1.82, 2.24) is 4.98 Å². The van der Waals surface area contributed by atoms with Crippen LogP contribution in [0.5, 0.6) is 0 Å². The molecule has 0 aliphatic carbocycles. The molecule has 1 aromatic heterocycles. The molecule has 0 aliphatic heterocycles. The van der Waals surface area contributed by atoms with Gasteiger partial charge < -0.3 is 10.5 Å². The first-order chi connectivity index (χ1) is 9.19. The van der Waals surface area contributed by atoms with Gasteiger partial charge in [0.15, 0.2) is 5.69 Å². The van der Waals surface area contributed by atoms with Gasteiger partial charge in [0.1, 0.15) is 5.00 Å². The minimum Gasteiger partial charge on any atom is -0.464 e. The van der Waals surface area contributed by atoms with Crippen LogP contribution in [-0.2, 0) is 11.2 Å². The maximum Gasteiger partial charge on any atom is 0.359 e. The van der Waals surface area contributed by atoms with Crippen molar-refractivity contribution >= 4 is 22.3 Å². The summed E-state index contributed by atoms with van der Waals surface area (Å²) in [7, 11) is 1.34. The maximum absolute atomic E-state index is 11.4. The molecule has 0 unspecified atom stereocenters. The number of hydrogen-bond donors (Lipinski definition) is 1. The van der Waals surface area contributed by atoms with E-state index < -0.39 is 5.97 Å². The molecule has 0 fully saturated rings. The molecule has 5 heteroatoms. The second kappa shape index (κ2) is 8.91. The van der Waals surface area contributed by atoms with Crippen LogP contribution >= 0.6 is 11.3 Å². The van der Waals surface area contributed by atoms with Crippen molar-refractivity contribution in [3.8, 4) is 0 Å². The molecular weight excluding hydrogens is 260 g/mol. The van der Waals surface area contributed by atoms with Gasteiger partial charge in [0, 0.05) is 0 Å². The van der Waals surface area contributed by atoms with Crippen molar-refractivity contribution in [2.75, 3.05) is 12.8 Å². The van der Waals surface area contributed by atoms with Crippen molar-refractivity contribution in [3.05, 3.63) is 10.7 Å². The standard InChI is InChI=1S/C14H24N2O2S/c1-3-4-5-6-7-8-9-10-11-16-12(13(15)19-11)14(17)18-2/h3-10,15H2,1-2H3. The number of nitrogens with zero attached hydrogens (tertiary/aromatic N) is 1. The Morgan fingerprint density at radius 1 is 1.21 bits per heavy atom. The summed E-state index contributed by atoms with van der Waals surface area (Å²) in [4.78, 5) is 15.6. The molecule has 0 aliphatic rings. The Morgan fingerprint density at radius 3 is 2.47 bits per heavy atom. The molecule has 0 aromatic carbocycles. The van der Waals surface area contributed by atoms with E-state index in [9.17, 15) is 4.79 Å². The topological polar surface area (TPSA) is 65.2 Å². The molecule has 1 heterocycles. The fraction of sp³-hybridized carbons (Fsp3) is 0.714. The van der Waals surface area contributed by atoms with Gasteiger partial charge in [-0.3, -0.25) is 0 Å². The number of aromatic nitrogens is 1. The summed E-state index contributed by atoms with van der Waals surface area (Å²) >= 11 is 1.40. The molecular formula is C14H24N2O2S. The zero-order valence-corrected chi connectivity index (χ0v) is 12.7. The number of rotatable bonds is 9. The summed E-state index contributed by atoms with van der Waals surface area (Å²) in [6, 6.07) is 0. The molecule has 0 atom stereocenters. The molecule has 19 heavy (non-hydrogen) atoms. The summed E-state index contributed by atoms with van der Waals surface area (Å²) in [5, 5.41) is 1.40. The van der Waals surface area contributed by atoms with Crippen LogP contribution in [0.4, 0.5) is 5.00 Å². The number of methoxy groups -OCH3 is 1. The SMILES string of the molecule is CCCCCCCCCc1nc(C(=O)OC)c(N)s1. The molecule has 0 amide bonds. The highest BCUT2D eigenvalue weighted by atomic mass is 32.1. The molecule has 108 valence electrons. The van der Waals surface area contributed by atoms with Crippen LogP contribution in [-0.4, -0.2) is 18.1 Å². The van der Waals surface area contributed by atoms with Gasteiger partial charge in [0.25, 0.3) is 0 Å². The normalized spacial score (nSPS) is 10.6. The maximum atomic E-state index is 11.4.